The number of hydrogen-bond donors (Lipinski definition) is 1. The van der Waals surface area contributed by atoms with Gasteiger partial charge in [0, 0.05) is 18.7 Å². The molecule has 0 saturated carbocycles. The van der Waals surface area contributed by atoms with Crippen LogP contribution >= 0.6 is 0 Å². The van der Waals surface area contributed by atoms with Gasteiger partial charge in [0.15, 0.2) is 0 Å². The maximum absolute atomic E-state index is 14.4. The van der Waals surface area contributed by atoms with Crippen molar-refractivity contribution in [3.8, 4) is 5.75 Å². The summed E-state index contributed by atoms with van der Waals surface area (Å²) in [6.07, 6.45) is 2.65. The van der Waals surface area contributed by atoms with Gasteiger partial charge in [0.2, 0.25) is 21.8 Å². The lowest BCUT2D eigenvalue weighted by atomic mass is 10.1. The highest BCUT2D eigenvalue weighted by Crippen LogP contribution is 2.31. The van der Waals surface area contributed by atoms with E-state index in [9.17, 15) is 22.4 Å². The number of unbranched alkanes of at least 4 members (excludes halogenated alkanes) is 1. The zero-order valence-corrected chi connectivity index (χ0v) is 21.7. The molecular formula is C25H34FN3O5S. The lowest BCUT2D eigenvalue weighted by molar-refractivity contribution is -0.139. The first-order chi connectivity index (χ1) is 16.5. The van der Waals surface area contributed by atoms with Crippen LogP contribution < -0.4 is 14.4 Å². The number of rotatable bonds is 12. The molecule has 0 saturated heterocycles. The smallest absolute Gasteiger partial charge is 0.244 e. The van der Waals surface area contributed by atoms with Crippen LogP contribution in [0, 0.1) is 12.7 Å². The van der Waals surface area contributed by atoms with Crippen LogP contribution in [0.25, 0.3) is 0 Å². The SMILES string of the molecule is CCCCNC(=O)[C@@H](C)N(Cc1ccccc1F)C(=O)CN(c1cc(C)ccc1OC)S(C)(=O)=O. The number of ether oxygens (including phenoxy) is 1. The number of anilines is 1. The van der Waals surface area contributed by atoms with E-state index in [-0.39, 0.29) is 23.5 Å². The highest BCUT2D eigenvalue weighted by Gasteiger charge is 2.31. The first kappa shape index (κ1) is 28.1. The van der Waals surface area contributed by atoms with Gasteiger partial charge in [-0.3, -0.25) is 13.9 Å². The first-order valence-corrected chi connectivity index (χ1v) is 13.3. The van der Waals surface area contributed by atoms with Gasteiger partial charge in [-0.2, -0.15) is 0 Å². The van der Waals surface area contributed by atoms with Crippen molar-refractivity contribution < 1.29 is 27.1 Å². The third kappa shape index (κ3) is 7.68. The van der Waals surface area contributed by atoms with E-state index in [1.54, 1.807) is 31.2 Å². The number of hydrogen-bond acceptors (Lipinski definition) is 5. The predicted octanol–water partition coefficient (Wildman–Crippen LogP) is 3.24. The molecule has 0 aliphatic rings. The number of halogens is 1. The summed E-state index contributed by atoms with van der Waals surface area (Å²) in [5, 5.41) is 2.78. The van der Waals surface area contributed by atoms with E-state index in [1.807, 2.05) is 6.92 Å². The van der Waals surface area contributed by atoms with E-state index in [0.717, 1.165) is 29.0 Å². The van der Waals surface area contributed by atoms with Crippen LogP contribution in [-0.2, 0) is 26.2 Å². The lowest BCUT2D eigenvalue weighted by Gasteiger charge is -2.32. The zero-order chi connectivity index (χ0) is 26.2. The minimum atomic E-state index is -3.91. The number of benzene rings is 2. The third-order valence-electron chi connectivity index (χ3n) is 5.58. The summed E-state index contributed by atoms with van der Waals surface area (Å²) in [5.74, 6) is -1.30. The van der Waals surface area contributed by atoms with Crippen LogP contribution in [0.4, 0.5) is 10.1 Å². The van der Waals surface area contributed by atoms with Gasteiger partial charge in [-0.1, -0.05) is 37.6 Å². The molecule has 2 aromatic carbocycles. The molecule has 2 rings (SSSR count). The first-order valence-electron chi connectivity index (χ1n) is 11.4. The number of methoxy groups -OCH3 is 1. The van der Waals surface area contributed by atoms with Crippen LogP contribution in [0.5, 0.6) is 5.75 Å². The highest BCUT2D eigenvalue weighted by atomic mass is 32.2. The van der Waals surface area contributed by atoms with Gasteiger partial charge in [-0.05, 0) is 44.0 Å². The highest BCUT2D eigenvalue weighted by molar-refractivity contribution is 7.92. The van der Waals surface area contributed by atoms with Gasteiger partial charge in [-0.25, -0.2) is 12.8 Å². The van der Waals surface area contributed by atoms with Gasteiger partial charge in [0.1, 0.15) is 24.2 Å². The van der Waals surface area contributed by atoms with Crippen molar-refractivity contribution in [2.45, 2.75) is 46.2 Å². The normalized spacial score (nSPS) is 12.1. The summed E-state index contributed by atoms with van der Waals surface area (Å²) in [5.41, 5.74) is 1.19. The van der Waals surface area contributed by atoms with E-state index in [4.69, 9.17) is 4.74 Å². The second-order valence-electron chi connectivity index (χ2n) is 8.38. The van der Waals surface area contributed by atoms with Crippen LogP contribution in [0.2, 0.25) is 0 Å². The fourth-order valence-corrected chi connectivity index (χ4v) is 4.36. The summed E-state index contributed by atoms with van der Waals surface area (Å²) in [6.45, 7) is 4.98. The summed E-state index contributed by atoms with van der Waals surface area (Å²) in [4.78, 5) is 27.5. The average molecular weight is 508 g/mol. The van der Waals surface area contributed by atoms with Crippen molar-refractivity contribution >= 4 is 27.5 Å². The Bertz CT molecular complexity index is 1140. The molecule has 0 heterocycles. The maximum Gasteiger partial charge on any atom is 0.244 e. The fourth-order valence-electron chi connectivity index (χ4n) is 3.52. The Kier molecular flexibility index (Phi) is 10.1. The molecule has 2 amide bonds. The fraction of sp³-hybridized carbons (Fsp3) is 0.440. The number of nitrogens with one attached hydrogen (secondary N) is 1. The van der Waals surface area contributed by atoms with Crippen molar-refractivity contribution in [2.24, 2.45) is 0 Å². The van der Waals surface area contributed by atoms with Crippen LogP contribution in [0.15, 0.2) is 42.5 Å². The Balaban J connectivity index is 2.43. The second-order valence-corrected chi connectivity index (χ2v) is 10.3. The average Bonchev–Trinajstić information content (AvgIpc) is 2.80. The molecule has 10 heteroatoms. The number of carbonyl (C=O) groups excluding carboxylic acids is 2. The van der Waals surface area contributed by atoms with Crippen LogP contribution in [-0.4, -0.2) is 57.6 Å². The molecule has 0 fully saturated rings. The Labute approximate surface area is 207 Å². The van der Waals surface area contributed by atoms with Gasteiger partial charge >= 0.3 is 0 Å². The minimum absolute atomic E-state index is 0.198. The maximum atomic E-state index is 14.4. The quantitative estimate of drug-likeness (QED) is 0.445. The van der Waals surface area contributed by atoms with E-state index < -0.39 is 40.2 Å². The minimum Gasteiger partial charge on any atom is -0.495 e. The topological polar surface area (TPSA) is 96.0 Å². The van der Waals surface area contributed by atoms with Gasteiger partial charge in [-0.15, -0.1) is 0 Å². The molecule has 0 aliphatic carbocycles. The predicted molar refractivity (Wildman–Crippen MR) is 134 cm³/mol. The van der Waals surface area contributed by atoms with E-state index in [0.29, 0.717) is 6.54 Å². The molecule has 0 aromatic heterocycles. The Hall–Kier alpha value is -3.14. The Morgan fingerprint density at radius 3 is 2.46 bits per heavy atom. The summed E-state index contributed by atoms with van der Waals surface area (Å²) in [7, 11) is -2.50. The number of aryl methyl sites for hydroxylation is 1. The van der Waals surface area contributed by atoms with Crippen molar-refractivity contribution in [3.05, 3.63) is 59.4 Å². The standard InChI is InChI=1S/C25H34FN3O5S/c1-6-7-14-27-25(31)19(3)28(16-20-10-8-9-11-21(20)26)24(30)17-29(35(5,32)33)22-15-18(2)12-13-23(22)34-4/h8-13,15,19H,6-7,14,16-17H2,1-5H3,(H,27,31)/t19-/m1/s1. The molecule has 2 aromatic rings. The molecule has 0 spiro atoms. The van der Waals surface area contributed by atoms with E-state index >= 15 is 0 Å². The monoisotopic (exact) mass is 507 g/mol. The molecule has 192 valence electrons. The number of amides is 2. The summed E-state index contributed by atoms with van der Waals surface area (Å²) < 4.78 is 46.1. The van der Waals surface area contributed by atoms with Gasteiger partial charge in [0.25, 0.3) is 0 Å². The van der Waals surface area contributed by atoms with Gasteiger partial charge in [0.05, 0.1) is 19.1 Å². The number of nitrogens with zero attached hydrogens (tertiary/aromatic N) is 2. The summed E-state index contributed by atoms with van der Waals surface area (Å²) in [6, 6.07) is 9.98. The van der Waals surface area contributed by atoms with Crippen molar-refractivity contribution in [3.63, 3.8) is 0 Å². The Morgan fingerprint density at radius 1 is 1.17 bits per heavy atom. The molecular weight excluding hydrogens is 473 g/mol. The summed E-state index contributed by atoms with van der Waals surface area (Å²) >= 11 is 0. The molecule has 0 aliphatic heterocycles. The molecule has 1 atom stereocenters. The van der Waals surface area contributed by atoms with Crippen LogP contribution in [0.1, 0.15) is 37.8 Å². The molecule has 0 radical (unpaired) electrons. The van der Waals surface area contributed by atoms with Crippen molar-refractivity contribution in [1.82, 2.24) is 10.2 Å². The molecule has 0 bridgehead atoms. The van der Waals surface area contributed by atoms with Crippen molar-refractivity contribution in [2.75, 3.05) is 30.8 Å². The molecule has 35 heavy (non-hydrogen) atoms. The largest absolute Gasteiger partial charge is 0.495 e. The molecule has 8 nitrogen and oxygen atoms in total. The number of carbonyl (C=O) groups is 2. The zero-order valence-electron chi connectivity index (χ0n) is 20.9. The van der Waals surface area contributed by atoms with E-state index in [2.05, 4.69) is 5.32 Å². The van der Waals surface area contributed by atoms with Gasteiger partial charge < -0.3 is 15.0 Å². The molecule has 0 unspecified atom stereocenters. The van der Waals surface area contributed by atoms with Crippen LogP contribution in [0.3, 0.4) is 0 Å². The lowest BCUT2D eigenvalue weighted by Crippen LogP contribution is -2.51. The second kappa shape index (κ2) is 12.5. The molecule has 1 N–H and O–H groups in total. The Morgan fingerprint density at radius 2 is 1.86 bits per heavy atom. The van der Waals surface area contributed by atoms with Crippen molar-refractivity contribution in [1.29, 1.82) is 0 Å². The third-order valence-corrected chi connectivity index (χ3v) is 6.70. The van der Waals surface area contributed by atoms with E-state index in [1.165, 1.54) is 37.1 Å². The number of sulfonamides is 1.